The second kappa shape index (κ2) is 5.10. The molecule has 1 heterocycles. The number of nitrogens with zero attached hydrogens (tertiary/aromatic N) is 1. The smallest absolute Gasteiger partial charge is 0.352 e. The van der Waals surface area contributed by atoms with Gasteiger partial charge in [-0.25, -0.2) is 4.79 Å². The predicted octanol–water partition coefficient (Wildman–Crippen LogP) is 2.94. The summed E-state index contributed by atoms with van der Waals surface area (Å²) in [5.41, 5.74) is 2.37. The second-order valence-corrected chi connectivity index (χ2v) is 4.37. The number of carbonyl (C=O) groups is 2. The lowest BCUT2D eigenvalue weighted by atomic mass is 10.1. The van der Waals surface area contributed by atoms with Gasteiger partial charge in [0.05, 0.1) is 0 Å². The molecule has 0 bridgehead atoms. The zero-order chi connectivity index (χ0) is 14.0. The van der Waals surface area contributed by atoms with E-state index < -0.39 is 5.97 Å². The molecule has 0 saturated heterocycles. The molecule has 0 aliphatic rings. The Morgan fingerprint density at radius 1 is 1.26 bits per heavy atom. The molecule has 0 aliphatic heterocycles. The fourth-order valence-electron chi connectivity index (χ4n) is 1.96. The normalized spacial score (nSPS) is 10.4. The quantitative estimate of drug-likeness (QED) is 0.857. The summed E-state index contributed by atoms with van der Waals surface area (Å²) in [5, 5.41) is 9.22. The Morgan fingerprint density at radius 3 is 2.58 bits per heavy atom. The van der Waals surface area contributed by atoms with Crippen molar-refractivity contribution in [2.24, 2.45) is 0 Å². The zero-order valence-electron chi connectivity index (χ0n) is 10.9. The number of ketones is 1. The molecule has 0 radical (unpaired) electrons. The lowest BCUT2D eigenvalue weighted by molar-refractivity contribution is 0.0688. The number of Topliss-reactive ketones (excluding diaryl/α,β-unsaturated/α-hetero) is 1. The maximum absolute atomic E-state index is 11.4. The Labute approximate surface area is 111 Å². The standard InChI is InChI=1S/C15H15NO3/c1-3-11-5-4-6-13(7-11)16-9-12(10(2)17)8-14(16)15(18)19/h4-9H,3H2,1-2H3,(H,18,19). The van der Waals surface area contributed by atoms with Gasteiger partial charge in [0.2, 0.25) is 0 Å². The zero-order valence-corrected chi connectivity index (χ0v) is 10.9. The molecule has 4 nitrogen and oxygen atoms in total. The number of hydrogen-bond acceptors (Lipinski definition) is 2. The highest BCUT2D eigenvalue weighted by molar-refractivity contribution is 5.97. The number of aromatic carboxylic acids is 1. The molecule has 98 valence electrons. The van der Waals surface area contributed by atoms with Crippen molar-refractivity contribution < 1.29 is 14.7 Å². The second-order valence-electron chi connectivity index (χ2n) is 4.37. The first-order valence-electron chi connectivity index (χ1n) is 6.09. The Kier molecular flexibility index (Phi) is 3.51. The lowest BCUT2D eigenvalue weighted by Gasteiger charge is -2.07. The highest BCUT2D eigenvalue weighted by atomic mass is 16.4. The molecule has 2 rings (SSSR count). The van der Waals surface area contributed by atoms with E-state index in [9.17, 15) is 14.7 Å². The largest absolute Gasteiger partial charge is 0.477 e. The van der Waals surface area contributed by atoms with Crippen molar-refractivity contribution in [1.82, 2.24) is 4.57 Å². The van der Waals surface area contributed by atoms with Gasteiger partial charge >= 0.3 is 5.97 Å². The Bertz CT molecular complexity index is 641. The minimum atomic E-state index is -1.05. The molecule has 0 unspecified atom stereocenters. The summed E-state index contributed by atoms with van der Waals surface area (Å²) in [4.78, 5) is 22.6. The summed E-state index contributed by atoms with van der Waals surface area (Å²) in [6.45, 7) is 3.46. The molecule has 0 spiro atoms. The molecule has 0 atom stereocenters. The van der Waals surface area contributed by atoms with Crippen LogP contribution in [0.4, 0.5) is 0 Å². The van der Waals surface area contributed by atoms with Crippen molar-refractivity contribution in [2.75, 3.05) is 0 Å². The van der Waals surface area contributed by atoms with Crippen molar-refractivity contribution in [3.05, 3.63) is 53.3 Å². The van der Waals surface area contributed by atoms with Crippen LogP contribution in [0, 0.1) is 0 Å². The third-order valence-electron chi connectivity index (χ3n) is 3.04. The van der Waals surface area contributed by atoms with E-state index in [2.05, 4.69) is 0 Å². The van der Waals surface area contributed by atoms with E-state index in [0.717, 1.165) is 17.7 Å². The predicted molar refractivity (Wildman–Crippen MR) is 72.1 cm³/mol. The summed E-state index contributed by atoms with van der Waals surface area (Å²) in [5.74, 6) is -1.19. The monoisotopic (exact) mass is 257 g/mol. The van der Waals surface area contributed by atoms with E-state index in [4.69, 9.17) is 0 Å². The van der Waals surface area contributed by atoms with Gasteiger partial charge in [-0.05, 0) is 37.1 Å². The molecule has 2 aromatic rings. The number of carboxylic acid groups (broad SMARTS) is 1. The van der Waals surface area contributed by atoms with Crippen LogP contribution in [0.15, 0.2) is 36.5 Å². The molecule has 19 heavy (non-hydrogen) atoms. The van der Waals surface area contributed by atoms with E-state index in [1.807, 2.05) is 31.2 Å². The molecule has 0 aliphatic carbocycles. The molecule has 0 amide bonds. The van der Waals surface area contributed by atoms with Gasteiger partial charge in [-0.2, -0.15) is 0 Å². The number of aromatic nitrogens is 1. The van der Waals surface area contributed by atoms with Crippen LogP contribution in [0.1, 0.15) is 40.3 Å². The van der Waals surface area contributed by atoms with Crippen molar-refractivity contribution in [3.63, 3.8) is 0 Å². The van der Waals surface area contributed by atoms with Crippen LogP contribution in [0.25, 0.3) is 5.69 Å². The van der Waals surface area contributed by atoms with Gasteiger partial charge in [-0.15, -0.1) is 0 Å². The fourth-order valence-corrected chi connectivity index (χ4v) is 1.96. The number of hydrogen-bond donors (Lipinski definition) is 1. The number of carbonyl (C=O) groups excluding carboxylic acids is 1. The number of aryl methyl sites for hydroxylation is 1. The number of benzene rings is 1. The van der Waals surface area contributed by atoms with E-state index in [-0.39, 0.29) is 11.5 Å². The molecule has 0 saturated carbocycles. The van der Waals surface area contributed by atoms with Gasteiger partial charge in [0.15, 0.2) is 5.78 Å². The SMILES string of the molecule is CCc1cccc(-n2cc(C(C)=O)cc2C(=O)O)c1. The van der Waals surface area contributed by atoms with Crippen LogP contribution in [-0.2, 0) is 6.42 Å². The van der Waals surface area contributed by atoms with Crippen molar-refractivity contribution in [3.8, 4) is 5.69 Å². The average Bonchev–Trinajstić information content (AvgIpc) is 2.84. The minimum absolute atomic E-state index is 0.0958. The van der Waals surface area contributed by atoms with E-state index in [1.165, 1.54) is 17.6 Å². The molecule has 1 aromatic carbocycles. The highest BCUT2D eigenvalue weighted by Gasteiger charge is 2.15. The summed E-state index contributed by atoms with van der Waals surface area (Å²) in [6, 6.07) is 9.03. The van der Waals surface area contributed by atoms with Gasteiger partial charge in [-0.1, -0.05) is 19.1 Å². The summed E-state index contributed by atoms with van der Waals surface area (Å²) < 4.78 is 1.54. The van der Waals surface area contributed by atoms with E-state index in [0.29, 0.717) is 5.56 Å². The van der Waals surface area contributed by atoms with Gasteiger partial charge in [0.1, 0.15) is 5.69 Å². The summed E-state index contributed by atoms with van der Waals surface area (Å²) in [7, 11) is 0. The van der Waals surface area contributed by atoms with E-state index in [1.54, 1.807) is 6.20 Å². The molecule has 1 aromatic heterocycles. The first kappa shape index (κ1) is 13.1. The number of rotatable bonds is 4. The van der Waals surface area contributed by atoms with Crippen LogP contribution in [-0.4, -0.2) is 21.4 Å². The van der Waals surface area contributed by atoms with Gasteiger partial charge in [0, 0.05) is 17.4 Å². The Balaban J connectivity index is 2.59. The molecule has 4 heteroatoms. The van der Waals surface area contributed by atoms with Crippen LogP contribution in [0.5, 0.6) is 0 Å². The number of carboxylic acids is 1. The first-order chi connectivity index (χ1) is 9.02. The third kappa shape index (κ3) is 2.57. The van der Waals surface area contributed by atoms with Crippen molar-refractivity contribution >= 4 is 11.8 Å². The maximum atomic E-state index is 11.4. The topological polar surface area (TPSA) is 59.3 Å². The van der Waals surface area contributed by atoms with Crippen LogP contribution in [0.3, 0.4) is 0 Å². The first-order valence-corrected chi connectivity index (χ1v) is 6.09. The minimum Gasteiger partial charge on any atom is -0.477 e. The van der Waals surface area contributed by atoms with Crippen LogP contribution in [0.2, 0.25) is 0 Å². The Morgan fingerprint density at radius 2 is 2.00 bits per heavy atom. The van der Waals surface area contributed by atoms with E-state index >= 15 is 0 Å². The van der Waals surface area contributed by atoms with Gasteiger partial charge in [-0.3, -0.25) is 4.79 Å². The maximum Gasteiger partial charge on any atom is 0.352 e. The van der Waals surface area contributed by atoms with Gasteiger partial charge < -0.3 is 9.67 Å². The molecular weight excluding hydrogens is 242 g/mol. The van der Waals surface area contributed by atoms with Crippen LogP contribution < -0.4 is 0 Å². The summed E-state index contributed by atoms with van der Waals surface area (Å²) >= 11 is 0. The molecule has 0 fully saturated rings. The lowest BCUT2D eigenvalue weighted by Crippen LogP contribution is -2.05. The molecule has 1 N–H and O–H groups in total. The van der Waals surface area contributed by atoms with Crippen LogP contribution >= 0.6 is 0 Å². The highest BCUT2D eigenvalue weighted by Crippen LogP contribution is 2.18. The third-order valence-corrected chi connectivity index (χ3v) is 3.04. The average molecular weight is 257 g/mol. The Hall–Kier alpha value is -2.36. The summed E-state index contributed by atoms with van der Waals surface area (Å²) in [6.07, 6.45) is 2.44. The van der Waals surface area contributed by atoms with Crippen molar-refractivity contribution in [1.29, 1.82) is 0 Å². The van der Waals surface area contributed by atoms with Gasteiger partial charge in [0.25, 0.3) is 0 Å². The van der Waals surface area contributed by atoms with Crippen molar-refractivity contribution in [2.45, 2.75) is 20.3 Å². The fraction of sp³-hybridized carbons (Fsp3) is 0.200. The molecular formula is C15H15NO3.